The Hall–Kier alpha value is -0.940. The number of aromatic nitrogens is 3. The van der Waals surface area contributed by atoms with E-state index >= 15 is 0 Å². The van der Waals surface area contributed by atoms with Crippen LogP contribution < -0.4 is 5.32 Å². The summed E-state index contributed by atoms with van der Waals surface area (Å²) >= 11 is 0. The van der Waals surface area contributed by atoms with Crippen LogP contribution in [-0.4, -0.2) is 46.1 Å². The van der Waals surface area contributed by atoms with Crippen molar-refractivity contribution >= 4 is 0 Å². The monoisotopic (exact) mass is 223 g/mol. The Balaban J connectivity index is 1.72. The highest BCUT2D eigenvalue weighted by atomic mass is 15.4. The summed E-state index contributed by atoms with van der Waals surface area (Å²) in [7, 11) is 2.12. The van der Waals surface area contributed by atoms with Crippen LogP contribution in [0.4, 0.5) is 0 Å². The van der Waals surface area contributed by atoms with Gasteiger partial charge in [0, 0.05) is 25.3 Å². The lowest BCUT2D eigenvalue weighted by Gasteiger charge is -2.12. The predicted octanol–water partition coefficient (Wildman–Crippen LogP) is 0.482. The van der Waals surface area contributed by atoms with Crippen molar-refractivity contribution in [1.82, 2.24) is 25.2 Å². The molecule has 16 heavy (non-hydrogen) atoms. The maximum Gasteiger partial charge on any atom is 0.0964 e. The van der Waals surface area contributed by atoms with Gasteiger partial charge in [-0.25, -0.2) is 0 Å². The molecule has 0 atom stereocenters. The highest BCUT2D eigenvalue weighted by molar-refractivity contribution is 4.94. The predicted molar refractivity (Wildman–Crippen MR) is 63.1 cm³/mol. The van der Waals surface area contributed by atoms with Crippen LogP contribution in [0.15, 0.2) is 6.20 Å². The molecule has 5 heteroatoms. The van der Waals surface area contributed by atoms with Crippen LogP contribution in [0.25, 0.3) is 0 Å². The first kappa shape index (κ1) is 11.5. The minimum atomic E-state index is 0.733. The Morgan fingerprint density at radius 2 is 2.38 bits per heavy atom. The van der Waals surface area contributed by atoms with Crippen LogP contribution in [-0.2, 0) is 13.1 Å². The van der Waals surface area contributed by atoms with Gasteiger partial charge >= 0.3 is 0 Å². The molecule has 0 bridgehead atoms. The number of likely N-dealkylation sites (N-methyl/N-ethyl adjacent to an activating group) is 1. The van der Waals surface area contributed by atoms with Gasteiger partial charge in [-0.3, -0.25) is 4.68 Å². The van der Waals surface area contributed by atoms with Crippen molar-refractivity contribution in [3.05, 3.63) is 11.9 Å². The molecule has 0 saturated heterocycles. The smallest absolute Gasteiger partial charge is 0.0964 e. The summed E-state index contributed by atoms with van der Waals surface area (Å²) in [5, 5.41) is 11.7. The first-order valence-electron chi connectivity index (χ1n) is 6.09. The van der Waals surface area contributed by atoms with Crippen LogP contribution in [0.2, 0.25) is 0 Å². The molecule has 1 aromatic rings. The Labute approximate surface area is 96.8 Å². The van der Waals surface area contributed by atoms with E-state index in [1.54, 1.807) is 0 Å². The van der Waals surface area contributed by atoms with Crippen LogP contribution in [0, 0.1) is 0 Å². The lowest BCUT2D eigenvalue weighted by atomic mass is 10.4. The van der Waals surface area contributed by atoms with E-state index in [4.69, 9.17) is 0 Å². The molecule has 1 saturated carbocycles. The average Bonchev–Trinajstić information content (AvgIpc) is 3.02. The summed E-state index contributed by atoms with van der Waals surface area (Å²) in [5.74, 6) is 0. The third-order valence-electron chi connectivity index (χ3n) is 2.99. The lowest BCUT2D eigenvalue weighted by molar-refractivity contribution is 0.326. The molecule has 1 heterocycles. The molecule has 1 aliphatic rings. The summed E-state index contributed by atoms with van der Waals surface area (Å²) in [4.78, 5) is 2.27. The second-order valence-corrected chi connectivity index (χ2v) is 4.52. The van der Waals surface area contributed by atoms with Crippen LogP contribution >= 0.6 is 0 Å². The summed E-state index contributed by atoms with van der Waals surface area (Å²) in [6.45, 7) is 6.03. The SMILES string of the molecule is CCN(C)CCn1cc(CNC2CC2)nn1. The van der Waals surface area contributed by atoms with Gasteiger partial charge in [-0.2, -0.15) is 0 Å². The quantitative estimate of drug-likeness (QED) is 0.730. The highest BCUT2D eigenvalue weighted by Crippen LogP contribution is 2.18. The van der Waals surface area contributed by atoms with E-state index < -0.39 is 0 Å². The molecule has 1 aliphatic carbocycles. The third-order valence-corrected chi connectivity index (χ3v) is 2.99. The van der Waals surface area contributed by atoms with Crippen LogP contribution in [0.1, 0.15) is 25.5 Å². The van der Waals surface area contributed by atoms with Crippen molar-refractivity contribution in [1.29, 1.82) is 0 Å². The first-order valence-corrected chi connectivity index (χ1v) is 6.09. The molecule has 5 nitrogen and oxygen atoms in total. The zero-order valence-corrected chi connectivity index (χ0v) is 10.2. The lowest BCUT2D eigenvalue weighted by Crippen LogP contribution is -2.23. The van der Waals surface area contributed by atoms with E-state index in [9.17, 15) is 0 Å². The zero-order chi connectivity index (χ0) is 11.4. The molecule has 90 valence electrons. The first-order chi connectivity index (χ1) is 7.78. The van der Waals surface area contributed by atoms with Crippen molar-refractivity contribution in [3.8, 4) is 0 Å². The fraction of sp³-hybridized carbons (Fsp3) is 0.818. The van der Waals surface area contributed by atoms with E-state index in [0.29, 0.717) is 0 Å². The minimum Gasteiger partial charge on any atom is -0.308 e. The number of hydrogen-bond donors (Lipinski definition) is 1. The van der Waals surface area contributed by atoms with Gasteiger partial charge in [-0.15, -0.1) is 5.10 Å². The summed E-state index contributed by atoms with van der Waals surface area (Å²) in [5.41, 5.74) is 1.05. The second-order valence-electron chi connectivity index (χ2n) is 4.52. The molecular weight excluding hydrogens is 202 g/mol. The molecule has 0 aliphatic heterocycles. The molecular formula is C11H21N5. The molecule has 0 spiro atoms. The molecule has 0 radical (unpaired) electrons. The molecule has 0 amide bonds. The van der Waals surface area contributed by atoms with E-state index in [2.05, 4.69) is 34.5 Å². The Morgan fingerprint density at radius 3 is 3.06 bits per heavy atom. The fourth-order valence-electron chi connectivity index (χ4n) is 1.50. The van der Waals surface area contributed by atoms with Gasteiger partial charge in [0.15, 0.2) is 0 Å². The zero-order valence-electron chi connectivity index (χ0n) is 10.2. The average molecular weight is 223 g/mol. The number of hydrogen-bond acceptors (Lipinski definition) is 4. The number of rotatable bonds is 7. The Kier molecular flexibility index (Phi) is 3.90. The molecule has 1 aromatic heterocycles. The molecule has 0 aromatic carbocycles. The van der Waals surface area contributed by atoms with Crippen LogP contribution in [0.5, 0.6) is 0 Å². The van der Waals surface area contributed by atoms with Gasteiger partial charge in [0.1, 0.15) is 0 Å². The molecule has 1 fully saturated rings. The highest BCUT2D eigenvalue weighted by Gasteiger charge is 2.20. The second kappa shape index (κ2) is 5.41. The van der Waals surface area contributed by atoms with Gasteiger partial charge in [0.05, 0.1) is 12.2 Å². The van der Waals surface area contributed by atoms with E-state index in [1.807, 2.05) is 10.9 Å². The standard InChI is InChI=1S/C11H21N5/c1-3-15(2)6-7-16-9-11(13-14-16)8-12-10-4-5-10/h9-10,12H,3-8H2,1-2H3. The van der Waals surface area contributed by atoms with Gasteiger partial charge in [0.25, 0.3) is 0 Å². The van der Waals surface area contributed by atoms with Gasteiger partial charge in [-0.05, 0) is 26.4 Å². The minimum absolute atomic E-state index is 0.733. The van der Waals surface area contributed by atoms with Crippen molar-refractivity contribution < 1.29 is 0 Å². The van der Waals surface area contributed by atoms with Crippen LogP contribution in [0.3, 0.4) is 0 Å². The van der Waals surface area contributed by atoms with Gasteiger partial charge < -0.3 is 10.2 Å². The Bertz CT molecular complexity index is 318. The Morgan fingerprint density at radius 1 is 1.56 bits per heavy atom. The third kappa shape index (κ3) is 3.57. The summed E-state index contributed by atoms with van der Waals surface area (Å²) in [6, 6.07) is 0.733. The maximum atomic E-state index is 4.15. The normalized spacial score (nSPS) is 15.9. The topological polar surface area (TPSA) is 46.0 Å². The largest absolute Gasteiger partial charge is 0.308 e. The number of nitrogens with zero attached hydrogens (tertiary/aromatic N) is 4. The molecule has 0 unspecified atom stereocenters. The molecule has 2 rings (SSSR count). The van der Waals surface area contributed by atoms with E-state index in [1.165, 1.54) is 12.8 Å². The van der Waals surface area contributed by atoms with E-state index in [-0.39, 0.29) is 0 Å². The number of nitrogens with one attached hydrogen (secondary N) is 1. The van der Waals surface area contributed by atoms with Gasteiger partial charge in [-0.1, -0.05) is 12.1 Å². The summed E-state index contributed by atoms with van der Waals surface area (Å²) < 4.78 is 1.93. The summed E-state index contributed by atoms with van der Waals surface area (Å²) in [6.07, 6.45) is 4.67. The van der Waals surface area contributed by atoms with Gasteiger partial charge in [0.2, 0.25) is 0 Å². The van der Waals surface area contributed by atoms with Crippen molar-refractivity contribution in [2.75, 3.05) is 20.1 Å². The maximum absolute atomic E-state index is 4.15. The van der Waals surface area contributed by atoms with Crippen molar-refractivity contribution in [3.63, 3.8) is 0 Å². The van der Waals surface area contributed by atoms with Crippen molar-refractivity contribution in [2.24, 2.45) is 0 Å². The van der Waals surface area contributed by atoms with Crippen molar-refractivity contribution in [2.45, 2.75) is 38.9 Å². The van der Waals surface area contributed by atoms with E-state index in [0.717, 1.165) is 37.9 Å². The fourth-order valence-corrected chi connectivity index (χ4v) is 1.50. The molecule has 1 N–H and O–H groups in total.